The third kappa shape index (κ3) is 1.82. The normalized spacial score (nSPS) is 11.7. The lowest BCUT2D eigenvalue weighted by Crippen LogP contribution is -2.10. The Balaban J connectivity index is 3.14. The number of carbonyl (C=O) groups is 1. The highest BCUT2D eigenvalue weighted by atomic mass is 19.1. The van der Waals surface area contributed by atoms with Gasteiger partial charge in [-0.2, -0.15) is 5.26 Å². The van der Waals surface area contributed by atoms with Crippen molar-refractivity contribution in [2.45, 2.75) is 5.92 Å². The lowest BCUT2D eigenvalue weighted by Gasteiger charge is -2.03. The molecule has 0 saturated carbocycles. The van der Waals surface area contributed by atoms with E-state index in [0.29, 0.717) is 0 Å². The van der Waals surface area contributed by atoms with Crippen molar-refractivity contribution in [3.63, 3.8) is 0 Å². The van der Waals surface area contributed by atoms with E-state index in [1.807, 2.05) is 0 Å². The molecule has 0 radical (unpaired) electrons. The number of aliphatic carboxylic acids is 1. The summed E-state index contributed by atoms with van der Waals surface area (Å²) in [6.45, 7) is 0. The predicted molar refractivity (Wildman–Crippen MR) is 42.4 cm³/mol. The highest BCUT2D eigenvalue weighted by Gasteiger charge is 2.21. The summed E-state index contributed by atoms with van der Waals surface area (Å²) in [7, 11) is 0. The second-order valence-corrected chi connectivity index (χ2v) is 2.42. The van der Waals surface area contributed by atoms with Gasteiger partial charge in [0.25, 0.3) is 0 Å². The molecule has 1 N–H and O–H groups in total. The van der Waals surface area contributed by atoms with Crippen molar-refractivity contribution in [1.29, 1.82) is 5.26 Å². The zero-order valence-electron chi connectivity index (χ0n) is 6.57. The van der Waals surface area contributed by atoms with E-state index in [4.69, 9.17) is 10.4 Å². The molecule has 1 rings (SSSR count). The number of nitriles is 1. The Morgan fingerprint density at radius 1 is 1.54 bits per heavy atom. The first kappa shape index (κ1) is 9.20. The van der Waals surface area contributed by atoms with Gasteiger partial charge in [0.1, 0.15) is 5.82 Å². The molecule has 1 unspecified atom stereocenters. The summed E-state index contributed by atoms with van der Waals surface area (Å²) in [5, 5.41) is 17.0. The summed E-state index contributed by atoms with van der Waals surface area (Å²) in [5.74, 6) is -3.44. The molecule has 13 heavy (non-hydrogen) atoms. The van der Waals surface area contributed by atoms with Crippen LogP contribution in [0.5, 0.6) is 0 Å². The maximum atomic E-state index is 13.0. The number of benzene rings is 1. The number of rotatable bonds is 2. The second-order valence-electron chi connectivity index (χ2n) is 2.42. The summed E-state index contributed by atoms with van der Waals surface area (Å²) in [6, 6.07) is 6.87. The van der Waals surface area contributed by atoms with Gasteiger partial charge in [-0.05, 0) is 6.07 Å². The van der Waals surface area contributed by atoms with Crippen molar-refractivity contribution < 1.29 is 14.3 Å². The lowest BCUT2D eigenvalue weighted by molar-refractivity contribution is -0.137. The van der Waals surface area contributed by atoms with Crippen LogP contribution in [0, 0.1) is 17.1 Å². The average molecular weight is 179 g/mol. The Morgan fingerprint density at radius 3 is 2.62 bits per heavy atom. The van der Waals surface area contributed by atoms with E-state index in [2.05, 4.69) is 0 Å². The summed E-state index contributed by atoms with van der Waals surface area (Å²) in [5.41, 5.74) is -0.0995. The van der Waals surface area contributed by atoms with E-state index in [1.165, 1.54) is 24.3 Å². The van der Waals surface area contributed by atoms with Crippen LogP contribution in [0.3, 0.4) is 0 Å². The molecule has 0 aliphatic carbocycles. The van der Waals surface area contributed by atoms with Crippen LogP contribution in [-0.2, 0) is 4.79 Å². The lowest BCUT2D eigenvalue weighted by atomic mass is 10.0. The topological polar surface area (TPSA) is 61.1 Å². The summed E-state index contributed by atoms with van der Waals surface area (Å²) in [6.07, 6.45) is 0. The van der Waals surface area contributed by atoms with E-state index in [9.17, 15) is 9.18 Å². The van der Waals surface area contributed by atoms with Gasteiger partial charge in [-0.15, -0.1) is 0 Å². The van der Waals surface area contributed by atoms with Crippen molar-refractivity contribution in [3.05, 3.63) is 35.6 Å². The Kier molecular flexibility index (Phi) is 2.60. The fraction of sp³-hybridized carbons (Fsp3) is 0.111. The van der Waals surface area contributed by atoms with Gasteiger partial charge in [-0.1, -0.05) is 18.2 Å². The average Bonchev–Trinajstić information content (AvgIpc) is 2.09. The molecule has 0 spiro atoms. The molecule has 0 aromatic heterocycles. The van der Waals surface area contributed by atoms with Crippen LogP contribution in [0.2, 0.25) is 0 Å². The minimum Gasteiger partial charge on any atom is -0.480 e. The first-order chi connectivity index (χ1) is 6.16. The molecule has 1 atom stereocenters. The molecular formula is C9H6FNO2. The van der Waals surface area contributed by atoms with Gasteiger partial charge in [0, 0.05) is 5.56 Å². The largest absolute Gasteiger partial charge is 0.480 e. The van der Waals surface area contributed by atoms with Crippen molar-refractivity contribution in [1.82, 2.24) is 0 Å². The summed E-state index contributed by atoms with van der Waals surface area (Å²) >= 11 is 0. The molecular weight excluding hydrogens is 173 g/mol. The number of hydrogen-bond donors (Lipinski definition) is 1. The minimum absolute atomic E-state index is 0.0995. The van der Waals surface area contributed by atoms with E-state index in [-0.39, 0.29) is 5.56 Å². The zero-order chi connectivity index (χ0) is 9.84. The Hall–Kier alpha value is -1.89. The highest BCUT2D eigenvalue weighted by Crippen LogP contribution is 2.18. The molecule has 4 heteroatoms. The number of hydrogen-bond acceptors (Lipinski definition) is 2. The Labute approximate surface area is 74.0 Å². The first-order valence-electron chi connectivity index (χ1n) is 3.53. The maximum absolute atomic E-state index is 13.0. The minimum atomic E-state index is -1.43. The Bertz CT molecular complexity index is 370. The molecule has 0 heterocycles. The maximum Gasteiger partial charge on any atom is 0.325 e. The van der Waals surface area contributed by atoms with E-state index in [0.717, 1.165) is 6.07 Å². The van der Waals surface area contributed by atoms with Crippen LogP contribution in [0.15, 0.2) is 24.3 Å². The molecule has 1 aromatic carbocycles. The van der Waals surface area contributed by atoms with Gasteiger partial charge in [0.2, 0.25) is 0 Å². The van der Waals surface area contributed by atoms with Crippen LogP contribution in [0.4, 0.5) is 4.39 Å². The molecule has 0 saturated heterocycles. The van der Waals surface area contributed by atoms with Gasteiger partial charge in [-0.25, -0.2) is 4.39 Å². The van der Waals surface area contributed by atoms with E-state index in [1.54, 1.807) is 0 Å². The molecule has 3 nitrogen and oxygen atoms in total. The molecule has 0 aliphatic rings. The van der Waals surface area contributed by atoms with Crippen LogP contribution < -0.4 is 0 Å². The zero-order valence-corrected chi connectivity index (χ0v) is 6.57. The number of nitrogens with zero attached hydrogens (tertiary/aromatic N) is 1. The fourth-order valence-electron chi connectivity index (χ4n) is 0.967. The standard InChI is InChI=1S/C9H6FNO2/c10-8-4-2-1-3-6(8)7(5-11)9(12)13/h1-4,7H,(H,12,13). The summed E-state index contributed by atoms with van der Waals surface area (Å²) in [4.78, 5) is 10.5. The quantitative estimate of drug-likeness (QED) is 0.748. The molecule has 0 fully saturated rings. The molecule has 0 aliphatic heterocycles. The monoisotopic (exact) mass is 179 g/mol. The van der Waals surface area contributed by atoms with Gasteiger partial charge in [0.05, 0.1) is 6.07 Å². The number of halogens is 1. The van der Waals surface area contributed by atoms with Crippen LogP contribution in [0.25, 0.3) is 0 Å². The molecule has 66 valence electrons. The molecule has 1 aromatic rings. The van der Waals surface area contributed by atoms with Gasteiger partial charge in [-0.3, -0.25) is 4.79 Å². The van der Waals surface area contributed by atoms with Crippen LogP contribution >= 0.6 is 0 Å². The van der Waals surface area contributed by atoms with E-state index >= 15 is 0 Å². The number of carboxylic acids is 1. The first-order valence-corrected chi connectivity index (χ1v) is 3.53. The molecule has 0 amide bonds. The smallest absolute Gasteiger partial charge is 0.325 e. The summed E-state index contributed by atoms with van der Waals surface area (Å²) < 4.78 is 13.0. The fourth-order valence-corrected chi connectivity index (χ4v) is 0.967. The van der Waals surface area contributed by atoms with Crippen molar-refractivity contribution >= 4 is 5.97 Å². The highest BCUT2D eigenvalue weighted by molar-refractivity contribution is 5.79. The van der Waals surface area contributed by atoms with Crippen LogP contribution in [0.1, 0.15) is 11.5 Å². The van der Waals surface area contributed by atoms with Gasteiger partial charge in [0.15, 0.2) is 5.92 Å². The SMILES string of the molecule is N#CC(C(=O)O)c1ccccc1F. The third-order valence-corrected chi connectivity index (χ3v) is 1.59. The Morgan fingerprint density at radius 2 is 2.15 bits per heavy atom. The van der Waals surface area contributed by atoms with Crippen molar-refractivity contribution in [2.24, 2.45) is 0 Å². The third-order valence-electron chi connectivity index (χ3n) is 1.59. The number of carboxylic acid groups (broad SMARTS) is 1. The van der Waals surface area contributed by atoms with Crippen LogP contribution in [-0.4, -0.2) is 11.1 Å². The predicted octanol–water partition coefficient (Wildman–Crippen LogP) is 1.52. The van der Waals surface area contributed by atoms with Crippen molar-refractivity contribution in [3.8, 4) is 6.07 Å². The van der Waals surface area contributed by atoms with Crippen molar-refractivity contribution in [2.75, 3.05) is 0 Å². The van der Waals surface area contributed by atoms with Gasteiger partial charge >= 0.3 is 5.97 Å². The van der Waals surface area contributed by atoms with E-state index < -0.39 is 17.7 Å². The molecule has 0 bridgehead atoms. The second kappa shape index (κ2) is 3.68. The van der Waals surface area contributed by atoms with Gasteiger partial charge < -0.3 is 5.11 Å².